The normalized spacial score (nSPS) is 30.5. The number of nitrogens with zero attached hydrogens (tertiary/aromatic N) is 1. The number of hydrogen-bond donors (Lipinski definition) is 2. The summed E-state index contributed by atoms with van der Waals surface area (Å²) >= 11 is 0. The van der Waals surface area contributed by atoms with Gasteiger partial charge >= 0.3 is 6.03 Å². The molecule has 2 aliphatic heterocycles. The number of hydrogen-bond acceptors (Lipinski definition) is 5. The molecule has 1 aliphatic carbocycles. The molecule has 7 nitrogen and oxygen atoms in total. The lowest BCUT2D eigenvalue weighted by Crippen LogP contribution is -2.49. The molecule has 1 aromatic rings. The van der Waals surface area contributed by atoms with Gasteiger partial charge in [0, 0.05) is 38.7 Å². The zero-order valence-corrected chi connectivity index (χ0v) is 16.6. The Kier molecular flexibility index (Phi) is 6.34. The summed E-state index contributed by atoms with van der Waals surface area (Å²) in [5.74, 6) is 0.693. The maximum Gasteiger partial charge on any atom is 0.319 e. The van der Waals surface area contributed by atoms with E-state index in [1.807, 2.05) is 24.3 Å². The molecule has 4 rings (SSSR count). The molecule has 0 spiro atoms. The van der Waals surface area contributed by atoms with Gasteiger partial charge in [-0.2, -0.15) is 0 Å². The minimum Gasteiger partial charge on any atom is -0.486 e. The van der Waals surface area contributed by atoms with E-state index in [4.69, 9.17) is 14.2 Å². The Labute approximate surface area is 166 Å². The highest BCUT2D eigenvalue weighted by Crippen LogP contribution is 2.29. The number of para-hydroxylation sites is 2. The van der Waals surface area contributed by atoms with Gasteiger partial charge in [-0.1, -0.05) is 12.1 Å². The van der Waals surface area contributed by atoms with Gasteiger partial charge in [0.25, 0.3) is 0 Å². The topological polar surface area (TPSA) is 72.1 Å². The number of anilines is 1. The molecule has 2 saturated heterocycles. The number of carbonyl (C=O) groups excluding carboxylic acids is 1. The Balaban J connectivity index is 1.34. The van der Waals surface area contributed by atoms with E-state index in [0.29, 0.717) is 30.2 Å². The number of rotatable bonds is 6. The van der Waals surface area contributed by atoms with Gasteiger partial charge in [-0.3, -0.25) is 4.90 Å². The largest absolute Gasteiger partial charge is 0.486 e. The molecule has 2 unspecified atom stereocenters. The van der Waals surface area contributed by atoms with Gasteiger partial charge in [0.05, 0.1) is 25.0 Å². The van der Waals surface area contributed by atoms with Crippen molar-refractivity contribution in [2.45, 2.75) is 56.4 Å². The maximum absolute atomic E-state index is 12.7. The third-order valence-electron chi connectivity index (χ3n) is 6.09. The Morgan fingerprint density at radius 2 is 2.07 bits per heavy atom. The molecule has 154 valence electrons. The number of carbonyl (C=O) groups is 1. The zero-order chi connectivity index (χ0) is 19.3. The Hall–Kier alpha value is -1.83. The molecular weight excluding hydrogens is 358 g/mol. The van der Waals surface area contributed by atoms with Crippen molar-refractivity contribution in [1.29, 1.82) is 0 Å². The van der Waals surface area contributed by atoms with E-state index >= 15 is 0 Å². The molecular formula is C21H31N3O4. The van der Waals surface area contributed by atoms with E-state index in [2.05, 4.69) is 15.5 Å². The van der Waals surface area contributed by atoms with Crippen molar-refractivity contribution < 1.29 is 19.0 Å². The predicted octanol–water partition coefficient (Wildman–Crippen LogP) is 2.62. The monoisotopic (exact) mass is 389 g/mol. The van der Waals surface area contributed by atoms with Gasteiger partial charge < -0.3 is 24.8 Å². The van der Waals surface area contributed by atoms with Crippen molar-refractivity contribution in [1.82, 2.24) is 10.2 Å². The van der Waals surface area contributed by atoms with E-state index < -0.39 is 0 Å². The van der Waals surface area contributed by atoms with Crippen LogP contribution in [0.2, 0.25) is 0 Å². The van der Waals surface area contributed by atoms with Crippen LogP contribution in [0.25, 0.3) is 0 Å². The van der Waals surface area contributed by atoms with Crippen molar-refractivity contribution in [3.05, 3.63) is 24.3 Å². The summed E-state index contributed by atoms with van der Waals surface area (Å²) in [5.41, 5.74) is 0.696. The number of ether oxygens (including phenoxy) is 3. The van der Waals surface area contributed by atoms with Gasteiger partial charge in [-0.25, -0.2) is 4.79 Å². The molecule has 3 fully saturated rings. The Bertz CT molecular complexity index is 665. The van der Waals surface area contributed by atoms with Gasteiger partial charge in [-0.15, -0.1) is 0 Å². The van der Waals surface area contributed by atoms with E-state index in [1.54, 1.807) is 7.11 Å². The SMILES string of the molecule is COC1CCN([C@@H]2CCC[C@@H]2NC(=O)Nc2ccccc2OC2CCOC2)C1. The van der Waals surface area contributed by atoms with Crippen LogP contribution in [0.5, 0.6) is 5.75 Å². The van der Waals surface area contributed by atoms with Crippen molar-refractivity contribution in [2.24, 2.45) is 0 Å². The fourth-order valence-corrected chi connectivity index (χ4v) is 4.58. The van der Waals surface area contributed by atoms with Crippen LogP contribution in [0.3, 0.4) is 0 Å². The third-order valence-corrected chi connectivity index (χ3v) is 6.09. The lowest BCUT2D eigenvalue weighted by atomic mass is 10.1. The molecule has 2 N–H and O–H groups in total. The highest BCUT2D eigenvalue weighted by atomic mass is 16.5. The van der Waals surface area contributed by atoms with Gasteiger partial charge in [0.15, 0.2) is 0 Å². The number of likely N-dealkylation sites (tertiary alicyclic amines) is 1. The van der Waals surface area contributed by atoms with Crippen LogP contribution in [-0.2, 0) is 9.47 Å². The third kappa shape index (κ3) is 4.59. The second-order valence-electron chi connectivity index (χ2n) is 7.94. The van der Waals surface area contributed by atoms with Gasteiger partial charge in [-0.05, 0) is 37.8 Å². The molecule has 2 amide bonds. The first-order valence-electron chi connectivity index (χ1n) is 10.4. The van der Waals surface area contributed by atoms with Crippen LogP contribution in [0.1, 0.15) is 32.1 Å². The summed E-state index contributed by atoms with van der Waals surface area (Å²) < 4.78 is 16.9. The molecule has 7 heteroatoms. The second kappa shape index (κ2) is 9.11. The number of urea groups is 1. The van der Waals surface area contributed by atoms with Crippen molar-refractivity contribution in [2.75, 3.05) is 38.7 Å². The number of amides is 2. The summed E-state index contributed by atoms with van der Waals surface area (Å²) in [6, 6.07) is 7.99. The van der Waals surface area contributed by atoms with Gasteiger partial charge in [0.1, 0.15) is 11.9 Å². The average Bonchev–Trinajstić information content (AvgIpc) is 3.44. The Morgan fingerprint density at radius 3 is 2.86 bits per heavy atom. The molecule has 2 heterocycles. The summed E-state index contributed by atoms with van der Waals surface area (Å²) in [4.78, 5) is 15.2. The number of benzene rings is 1. The minimum atomic E-state index is -0.168. The first-order chi connectivity index (χ1) is 13.7. The molecule has 1 aromatic carbocycles. The van der Waals surface area contributed by atoms with E-state index in [1.165, 1.54) is 0 Å². The first kappa shape index (κ1) is 19.5. The van der Waals surface area contributed by atoms with Crippen LogP contribution < -0.4 is 15.4 Å². The fourth-order valence-electron chi connectivity index (χ4n) is 4.58. The van der Waals surface area contributed by atoms with Crippen molar-refractivity contribution in [3.63, 3.8) is 0 Å². The van der Waals surface area contributed by atoms with E-state index in [9.17, 15) is 4.79 Å². The quantitative estimate of drug-likeness (QED) is 0.783. The van der Waals surface area contributed by atoms with Crippen LogP contribution in [0.4, 0.5) is 10.5 Å². The molecule has 0 bridgehead atoms. The lowest BCUT2D eigenvalue weighted by molar-refractivity contribution is 0.0985. The van der Waals surface area contributed by atoms with E-state index in [-0.39, 0.29) is 18.2 Å². The van der Waals surface area contributed by atoms with Crippen molar-refractivity contribution in [3.8, 4) is 5.75 Å². The first-order valence-corrected chi connectivity index (χ1v) is 10.4. The smallest absolute Gasteiger partial charge is 0.319 e. The van der Waals surface area contributed by atoms with E-state index in [0.717, 1.165) is 51.8 Å². The highest BCUT2D eigenvalue weighted by Gasteiger charge is 2.36. The second-order valence-corrected chi connectivity index (χ2v) is 7.94. The molecule has 1 saturated carbocycles. The lowest BCUT2D eigenvalue weighted by Gasteiger charge is -2.30. The maximum atomic E-state index is 12.7. The van der Waals surface area contributed by atoms with Crippen molar-refractivity contribution >= 4 is 11.7 Å². The molecule has 28 heavy (non-hydrogen) atoms. The molecule has 4 atom stereocenters. The summed E-state index contributed by atoms with van der Waals surface area (Å²) in [7, 11) is 1.78. The van der Waals surface area contributed by atoms with Crippen LogP contribution in [-0.4, -0.2) is 68.6 Å². The predicted molar refractivity (Wildman–Crippen MR) is 107 cm³/mol. The summed E-state index contributed by atoms with van der Waals surface area (Å²) in [6.07, 6.45) is 5.61. The minimum absolute atomic E-state index is 0.0501. The Morgan fingerprint density at radius 1 is 1.18 bits per heavy atom. The number of methoxy groups -OCH3 is 1. The molecule has 0 aromatic heterocycles. The fraction of sp³-hybridized carbons (Fsp3) is 0.667. The summed E-state index contributed by atoms with van der Waals surface area (Å²) in [5, 5.41) is 6.18. The standard InChI is InChI=1S/C21H31N3O4/c1-26-15-9-11-24(13-15)19-7-4-6-17(19)22-21(25)23-18-5-2-3-8-20(18)28-16-10-12-27-14-16/h2-3,5,8,15-17,19H,4,6-7,9-14H2,1H3,(H2,22,23,25)/t15?,16?,17-,19+/m0/s1. The molecule has 0 radical (unpaired) electrons. The number of nitrogens with one attached hydrogen (secondary N) is 2. The van der Waals surface area contributed by atoms with Crippen LogP contribution >= 0.6 is 0 Å². The highest BCUT2D eigenvalue weighted by molar-refractivity contribution is 5.91. The zero-order valence-electron chi connectivity index (χ0n) is 16.6. The summed E-state index contributed by atoms with van der Waals surface area (Å²) in [6.45, 7) is 3.33. The average molecular weight is 389 g/mol. The van der Waals surface area contributed by atoms with Crippen LogP contribution in [0, 0.1) is 0 Å². The van der Waals surface area contributed by atoms with Crippen LogP contribution in [0.15, 0.2) is 24.3 Å². The van der Waals surface area contributed by atoms with Gasteiger partial charge in [0.2, 0.25) is 0 Å². The molecule has 3 aliphatic rings.